The third-order valence-corrected chi connectivity index (χ3v) is 8.30. The zero-order valence-electron chi connectivity index (χ0n) is 23.2. The summed E-state index contributed by atoms with van der Waals surface area (Å²) in [6.45, 7) is 4.79. The lowest BCUT2D eigenvalue weighted by molar-refractivity contribution is -0.143. The summed E-state index contributed by atoms with van der Waals surface area (Å²) in [5, 5.41) is 2.77. The lowest BCUT2D eigenvalue weighted by Gasteiger charge is -2.43. The topological polar surface area (TPSA) is 54.0 Å². The molecule has 0 saturated carbocycles. The number of ether oxygens (including phenoxy) is 2. The number of halogens is 6. The average Bonchev–Trinajstić information content (AvgIpc) is 2.97. The van der Waals surface area contributed by atoms with Crippen molar-refractivity contribution in [3.63, 3.8) is 0 Å². The van der Waals surface area contributed by atoms with Crippen LogP contribution in [0.15, 0.2) is 36.4 Å². The van der Waals surface area contributed by atoms with E-state index in [9.17, 15) is 31.1 Å². The fourth-order valence-electron chi connectivity index (χ4n) is 6.15. The van der Waals surface area contributed by atoms with E-state index in [0.29, 0.717) is 42.9 Å². The first kappa shape index (κ1) is 30.5. The summed E-state index contributed by atoms with van der Waals surface area (Å²) in [4.78, 5) is 17.7. The molecule has 230 valence electrons. The number of likely N-dealkylation sites (tertiary alicyclic amines) is 2. The number of nitrogens with one attached hydrogen (secondary N) is 1. The maximum Gasteiger partial charge on any atom is 0.416 e. The second-order valence-corrected chi connectivity index (χ2v) is 11.2. The van der Waals surface area contributed by atoms with Gasteiger partial charge in [0.25, 0.3) is 0 Å². The van der Waals surface area contributed by atoms with Crippen molar-refractivity contribution in [2.45, 2.75) is 63.0 Å². The summed E-state index contributed by atoms with van der Waals surface area (Å²) in [7, 11) is 0. The van der Waals surface area contributed by atoms with Gasteiger partial charge < -0.3 is 19.7 Å². The van der Waals surface area contributed by atoms with Gasteiger partial charge in [-0.3, -0.25) is 9.69 Å². The van der Waals surface area contributed by atoms with Gasteiger partial charge in [-0.05, 0) is 80.2 Å². The molecule has 3 aliphatic rings. The predicted molar refractivity (Wildman–Crippen MR) is 143 cm³/mol. The fourth-order valence-corrected chi connectivity index (χ4v) is 6.15. The highest BCUT2D eigenvalue weighted by Crippen LogP contribution is 2.37. The van der Waals surface area contributed by atoms with E-state index in [1.807, 2.05) is 18.2 Å². The number of carbonyl (C=O) groups excluding carboxylic acids is 1. The van der Waals surface area contributed by atoms with E-state index < -0.39 is 35.8 Å². The van der Waals surface area contributed by atoms with Gasteiger partial charge in [0, 0.05) is 25.7 Å². The highest BCUT2D eigenvalue weighted by Gasteiger charge is 2.37. The van der Waals surface area contributed by atoms with Crippen LogP contribution in [0.4, 0.5) is 26.3 Å². The van der Waals surface area contributed by atoms with Gasteiger partial charge in [0.15, 0.2) is 11.5 Å². The summed E-state index contributed by atoms with van der Waals surface area (Å²) in [5.74, 6) is 0.566. The van der Waals surface area contributed by atoms with Crippen LogP contribution in [0.5, 0.6) is 11.5 Å². The average molecular weight is 600 g/mol. The van der Waals surface area contributed by atoms with E-state index >= 15 is 0 Å². The second-order valence-electron chi connectivity index (χ2n) is 11.2. The molecule has 1 unspecified atom stereocenters. The molecule has 1 atom stereocenters. The minimum Gasteiger partial charge on any atom is -0.486 e. The van der Waals surface area contributed by atoms with E-state index in [2.05, 4.69) is 15.1 Å². The Labute approximate surface area is 240 Å². The maximum atomic E-state index is 13.3. The molecule has 12 heteroatoms. The van der Waals surface area contributed by atoms with Crippen LogP contribution >= 0.6 is 0 Å². The molecular formula is C30H35F6N3O3. The molecule has 2 aromatic carbocycles. The first-order chi connectivity index (χ1) is 20.0. The van der Waals surface area contributed by atoms with Crippen LogP contribution < -0.4 is 14.8 Å². The van der Waals surface area contributed by atoms with Crippen LogP contribution in [-0.4, -0.2) is 67.7 Å². The number of fused-ring (bicyclic) bond motifs is 1. The highest BCUT2D eigenvalue weighted by molar-refractivity contribution is 5.78. The molecule has 2 saturated heterocycles. The van der Waals surface area contributed by atoms with Crippen molar-refractivity contribution < 1.29 is 40.6 Å². The molecule has 2 aromatic rings. The largest absolute Gasteiger partial charge is 0.486 e. The molecule has 0 aliphatic carbocycles. The molecule has 0 radical (unpaired) electrons. The number of amides is 1. The van der Waals surface area contributed by atoms with Gasteiger partial charge in [-0.15, -0.1) is 0 Å². The summed E-state index contributed by atoms with van der Waals surface area (Å²) < 4.78 is 91.2. The van der Waals surface area contributed by atoms with Crippen molar-refractivity contribution in [2.75, 3.05) is 45.9 Å². The van der Waals surface area contributed by atoms with Crippen molar-refractivity contribution in [1.29, 1.82) is 0 Å². The van der Waals surface area contributed by atoms with Gasteiger partial charge in [0.2, 0.25) is 5.91 Å². The van der Waals surface area contributed by atoms with Crippen LogP contribution in [0.1, 0.15) is 60.4 Å². The van der Waals surface area contributed by atoms with Gasteiger partial charge in [-0.1, -0.05) is 12.5 Å². The summed E-state index contributed by atoms with van der Waals surface area (Å²) >= 11 is 0. The number of benzene rings is 2. The molecule has 3 aliphatic heterocycles. The molecule has 6 nitrogen and oxygen atoms in total. The SMILES string of the molecule is O=C(Cc1cc(C(F)(F)F)cc(C(F)(F)F)c1)NCC(c1ccc2c(c1)OCCO2)N1CCC(N2CCCCC2)CC1. The zero-order valence-corrected chi connectivity index (χ0v) is 23.2. The standard InChI is InChI=1S/C30H35F6N3O3/c31-29(32,33)22-14-20(15-23(18-22)30(34,35)36)16-28(40)37-19-25(21-4-5-26-27(17-21)42-13-12-41-26)39-10-6-24(7-11-39)38-8-2-1-3-9-38/h4-5,14-15,17-18,24-25H,1-3,6-13,16,19H2,(H,37,40). The number of nitrogens with zero attached hydrogens (tertiary/aromatic N) is 2. The Morgan fingerprint density at radius 3 is 2.07 bits per heavy atom. The Kier molecular flexibility index (Phi) is 9.22. The Balaban J connectivity index is 1.30. The zero-order chi connectivity index (χ0) is 29.9. The van der Waals surface area contributed by atoms with E-state index in [4.69, 9.17) is 9.47 Å². The van der Waals surface area contributed by atoms with Gasteiger partial charge in [0.1, 0.15) is 13.2 Å². The van der Waals surface area contributed by atoms with Crippen LogP contribution in [0.2, 0.25) is 0 Å². The lowest BCUT2D eigenvalue weighted by Crippen LogP contribution is -2.49. The molecule has 0 aromatic heterocycles. The van der Waals surface area contributed by atoms with Crippen LogP contribution in [0.25, 0.3) is 0 Å². The van der Waals surface area contributed by atoms with Gasteiger partial charge >= 0.3 is 12.4 Å². The van der Waals surface area contributed by atoms with Crippen molar-refractivity contribution in [3.8, 4) is 11.5 Å². The predicted octanol–water partition coefficient (Wildman–Crippen LogP) is 5.85. The summed E-state index contributed by atoms with van der Waals surface area (Å²) in [5.41, 5.74) is -2.35. The van der Waals surface area contributed by atoms with Crippen molar-refractivity contribution in [2.24, 2.45) is 0 Å². The quantitative estimate of drug-likeness (QED) is 0.405. The fraction of sp³-hybridized carbons (Fsp3) is 0.567. The number of alkyl halides is 6. The Morgan fingerprint density at radius 1 is 0.833 bits per heavy atom. The first-order valence-corrected chi connectivity index (χ1v) is 14.4. The minimum atomic E-state index is -4.98. The number of hydrogen-bond acceptors (Lipinski definition) is 5. The molecular weight excluding hydrogens is 564 g/mol. The van der Waals surface area contributed by atoms with Crippen molar-refractivity contribution in [1.82, 2.24) is 15.1 Å². The van der Waals surface area contributed by atoms with Gasteiger partial charge in [-0.25, -0.2) is 0 Å². The highest BCUT2D eigenvalue weighted by atomic mass is 19.4. The van der Waals surface area contributed by atoms with Gasteiger partial charge in [0.05, 0.1) is 23.6 Å². The molecule has 2 fully saturated rings. The van der Waals surface area contributed by atoms with Crippen LogP contribution in [0.3, 0.4) is 0 Å². The molecule has 3 heterocycles. The minimum absolute atomic E-state index is 0.0623. The third-order valence-electron chi connectivity index (χ3n) is 8.30. The Morgan fingerprint density at radius 2 is 1.45 bits per heavy atom. The Hall–Kier alpha value is -2.99. The van der Waals surface area contributed by atoms with E-state index in [-0.39, 0.29) is 24.2 Å². The maximum absolute atomic E-state index is 13.3. The number of piperidine rings is 2. The van der Waals surface area contributed by atoms with Gasteiger partial charge in [-0.2, -0.15) is 26.3 Å². The second kappa shape index (κ2) is 12.7. The summed E-state index contributed by atoms with van der Waals surface area (Å²) in [6, 6.07) is 7.10. The number of hydrogen-bond donors (Lipinski definition) is 1. The molecule has 1 amide bonds. The monoisotopic (exact) mass is 599 g/mol. The third kappa shape index (κ3) is 7.50. The Bertz CT molecular complexity index is 1210. The lowest BCUT2D eigenvalue weighted by atomic mass is 9.96. The number of rotatable bonds is 7. The van der Waals surface area contributed by atoms with Crippen LogP contribution in [0, 0.1) is 0 Å². The number of carbonyl (C=O) groups is 1. The molecule has 0 bridgehead atoms. The summed E-state index contributed by atoms with van der Waals surface area (Å²) in [6.07, 6.45) is -4.94. The van der Waals surface area contributed by atoms with Crippen molar-refractivity contribution >= 4 is 5.91 Å². The molecule has 5 rings (SSSR count). The smallest absolute Gasteiger partial charge is 0.416 e. The van der Waals surface area contributed by atoms with E-state index in [0.717, 1.165) is 44.6 Å². The normalized spacial score (nSPS) is 19.9. The molecule has 0 spiro atoms. The molecule has 1 N–H and O–H groups in total. The van der Waals surface area contributed by atoms with Crippen molar-refractivity contribution in [3.05, 3.63) is 58.7 Å². The van der Waals surface area contributed by atoms with E-state index in [1.165, 1.54) is 19.3 Å². The van der Waals surface area contributed by atoms with Crippen LogP contribution in [-0.2, 0) is 23.6 Å². The van der Waals surface area contributed by atoms with E-state index in [1.54, 1.807) is 0 Å². The molecule has 42 heavy (non-hydrogen) atoms. The first-order valence-electron chi connectivity index (χ1n) is 14.4.